The highest BCUT2D eigenvalue weighted by molar-refractivity contribution is 5.93. The number of rotatable bonds is 5. The molecule has 2 aromatic rings. The van der Waals surface area contributed by atoms with Crippen LogP contribution in [0.15, 0.2) is 48.5 Å². The summed E-state index contributed by atoms with van der Waals surface area (Å²) in [6, 6.07) is 15.9. The Bertz CT molecular complexity index is 576. The van der Waals surface area contributed by atoms with Crippen molar-refractivity contribution in [2.45, 2.75) is 20.3 Å². The molecule has 1 amide bonds. The number of hydrogen-bond donors (Lipinski definition) is 2. The van der Waals surface area contributed by atoms with E-state index in [1.165, 1.54) is 11.1 Å². The molecule has 0 aliphatic heterocycles. The molecule has 2 N–H and O–H groups in total. The Morgan fingerprint density at radius 2 is 1.80 bits per heavy atom. The van der Waals surface area contributed by atoms with Crippen LogP contribution in [-0.2, 0) is 11.2 Å². The fraction of sp³-hybridized carbons (Fsp3) is 0.235. The van der Waals surface area contributed by atoms with Crippen molar-refractivity contribution in [3.05, 3.63) is 59.7 Å². The van der Waals surface area contributed by atoms with Crippen LogP contribution < -0.4 is 10.6 Å². The van der Waals surface area contributed by atoms with Crippen LogP contribution >= 0.6 is 0 Å². The van der Waals surface area contributed by atoms with Crippen molar-refractivity contribution in [2.24, 2.45) is 0 Å². The van der Waals surface area contributed by atoms with Crippen molar-refractivity contribution >= 4 is 17.3 Å². The van der Waals surface area contributed by atoms with Crippen molar-refractivity contribution in [1.82, 2.24) is 0 Å². The molecular formula is C17H20N2O. The van der Waals surface area contributed by atoms with E-state index >= 15 is 0 Å². The lowest BCUT2D eigenvalue weighted by atomic mass is 10.1. The fourth-order valence-corrected chi connectivity index (χ4v) is 1.93. The van der Waals surface area contributed by atoms with Crippen LogP contribution in [0.3, 0.4) is 0 Å². The highest BCUT2D eigenvalue weighted by Crippen LogP contribution is 2.11. The van der Waals surface area contributed by atoms with Gasteiger partial charge in [-0.1, -0.05) is 36.8 Å². The molecule has 0 aliphatic carbocycles. The van der Waals surface area contributed by atoms with Gasteiger partial charge in [0.2, 0.25) is 5.91 Å². The third-order valence-corrected chi connectivity index (χ3v) is 3.12. The number of hydrogen-bond acceptors (Lipinski definition) is 2. The predicted octanol–water partition coefficient (Wildman–Crippen LogP) is 3.61. The number of amides is 1. The summed E-state index contributed by atoms with van der Waals surface area (Å²) in [5.74, 6) is -0.0456. The highest BCUT2D eigenvalue weighted by Gasteiger charge is 2.02. The second-order valence-electron chi connectivity index (χ2n) is 4.82. The fourth-order valence-electron chi connectivity index (χ4n) is 1.93. The number of carbonyl (C=O) groups is 1. The van der Waals surface area contributed by atoms with Crippen molar-refractivity contribution in [1.29, 1.82) is 0 Å². The lowest BCUT2D eigenvalue weighted by molar-refractivity contribution is -0.114. The van der Waals surface area contributed by atoms with Gasteiger partial charge in [0.15, 0.2) is 0 Å². The standard InChI is InChI=1S/C17H20N2O/c1-3-14-5-4-6-16(11-14)18-12-17(20)19-15-9-7-13(2)8-10-15/h4-11,18H,3,12H2,1-2H3,(H,19,20). The Hall–Kier alpha value is -2.29. The zero-order valence-electron chi connectivity index (χ0n) is 11.9. The summed E-state index contributed by atoms with van der Waals surface area (Å²) in [5.41, 5.74) is 4.24. The third-order valence-electron chi connectivity index (χ3n) is 3.12. The maximum Gasteiger partial charge on any atom is 0.243 e. The molecular weight excluding hydrogens is 248 g/mol. The molecule has 2 rings (SSSR count). The number of benzene rings is 2. The van der Waals surface area contributed by atoms with Gasteiger partial charge in [0, 0.05) is 11.4 Å². The average Bonchev–Trinajstić information content (AvgIpc) is 2.48. The summed E-state index contributed by atoms with van der Waals surface area (Å²) in [7, 11) is 0. The SMILES string of the molecule is CCc1cccc(NCC(=O)Nc2ccc(C)cc2)c1. The smallest absolute Gasteiger partial charge is 0.243 e. The number of anilines is 2. The van der Waals surface area contributed by atoms with Crippen molar-refractivity contribution in [3.63, 3.8) is 0 Å². The second kappa shape index (κ2) is 6.75. The molecule has 0 heterocycles. The first-order valence-electron chi connectivity index (χ1n) is 6.86. The molecule has 0 unspecified atom stereocenters. The summed E-state index contributed by atoms with van der Waals surface area (Å²) in [6.07, 6.45) is 0.991. The molecule has 0 radical (unpaired) electrons. The van der Waals surface area contributed by atoms with Crippen molar-refractivity contribution < 1.29 is 4.79 Å². The number of aryl methyl sites for hydroxylation is 2. The topological polar surface area (TPSA) is 41.1 Å². The molecule has 0 spiro atoms. The van der Waals surface area contributed by atoms with E-state index < -0.39 is 0 Å². The van der Waals surface area contributed by atoms with E-state index in [0.29, 0.717) is 0 Å². The first kappa shape index (κ1) is 14.1. The van der Waals surface area contributed by atoms with Gasteiger partial charge in [-0.15, -0.1) is 0 Å². The molecule has 3 heteroatoms. The van der Waals surface area contributed by atoms with E-state index in [1.54, 1.807) is 0 Å². The van der Waals surface area contributed by atoms with E-state index in [-0.39, 0.29) is 12.5 Å². The molecule has 3 nitrogen and oxygen atoms in total. The highest BCUT2D eigenvalue weighted by atomic mass is 16.1. The van der Waals surface area contributed by atoms with Crippen molar-refractivity contribution in [2.75, 3.05) is 17.2 Å². The molecule has 104 valence electrons. The Balaban J connectivity index is 1.87. The normalized spacial score (nSPS) is 10.1. The monoisotopic (exact) mass is 268 g/mol. The lowest BCUT2D eigenvalue weighted by Gasteiger charge is -2.09. The molecule has 0 bridgehead atoms. The van der Waals surface area contributed by atoms with Gasteiger partial charge in [-0.3, -0.25) is 4.79 Å². The molecule has 0 saturated carbocycles. The van der Waals surface area contributed by atoms with Crippen molar-refractivity contribution in [3.8, 4) is 0 Å². The van der Waals surface area contributed by atoms with Crippen LogP contribution in [0.25, 0.3) is 0 Å². The molecule has 2 aromatic carbocycles. The minimum Gasteiger partial charge on any atom is -0.376 e. The van der Waals surface area contributed by atoms with Gasteiger partial charge in [0.1, 0.15) is 0 Å². The molecule has 0 saturated heterocycles. The van der Waals surface area contributed by atoms with Gasteiger partial charge in [-0.25, -0.2) is 0 Å². The largest absolute Gasteiger partial charge is 0.376 e. The van der Waals surface area contributed by atoms with Crippen LogP contribution in [0.5, 0.6) is 0 Å². The summed E-state index contributed by atoms with van der Waals surface area (Å²) in [6.45, 7) is 4.40. The Kier molecular flexibility index (Phi) is 4.77. The van der Waals surface area contributed by atoms with Crippen LogP contribution in [0.4, 0.5) is 11.4 Å². The summed E-state index contributed by atoms with van der Waals surface area (Å²) in [4.78, 5) is 11.9. The quantitative estimate of drug-likeness (QED) is 0.869. The first-order chi connectivity index (χ1) is 9.67. The first-order valence-corrected chi connectivity index (χ1v) is 6.86. The van der Waals surface area contributed by atoms with Crippen LogP contribution in [0.2, 0.25) is 0 Å². The minimum atomic E-state index is -0.0456. The second-order valence-corrected chi connectivity index (χ2v) is 4.82. The van der Waals surface area contributed by atoms with Gasteiger partial charge in [0.25, 0.3) is 0 Å². The van der Waals surface area contributed by atoms with Crippen LogP contribution in [0.1, 0.15) is 18.1 Å². The maximum absolute atomic E-state index is 11.9. The Morgan fingerprint density at radius 3 is 2.50 bits per heavy atom. The van der Waals surface area contributed by atoms with Gasteiger partial charge >= 0.3 is 0 Å². The van der Waals surface area contributed by atoms with Gasteiger partial charge in [-0.05, 0) is 43.2 Å². The molecule has 0 aliphatic rings. The average molecular weight is 268 g/mol. The van der Waals surface area contributed by atoms with E-state index in [0.717, 1.165) is 17.8 Å². The number of carbonyl (C=O) groups excluding carboxylic acids is 1. The van der Waals surface area contributed by atoms with E-state index in [2.05, 4.69) is 29.7 Å². The van der Waals surface area contributed by atoms with Gasteiger partial charge in [0.05, 0.1) is 6.54 Å². The summed E-state index contributed by atoms with van der Waals surface area (Å²) < 4.78 is 0. The summed E-state index contributed by atoms with van der Waals surface area (Å²) >= 11 is 0. The Labute approximate surface area is 120 Å². The van der Waals surface area contributed by atoms with E-state index in [1.807, 2.05) is 43.3 Å². The molecule has 0 fully saturated rings. The van der Waals surface area contributed by atoms with E-state index in [9.17, 15) is 4.79 Å². The minimum absolute atomic E-state index is 0.0456. The Morgan fingerprint density at radius 1 is 1.05 bits per heavy atom. The third kappa shape index (κ3) is 4.12. The van der Waals surface area contributed by atoms with Crippen LogP contribution in [-0.4, -0.2) is 12.5 Å². The van der Waals surface area contributed by atoms with Crippen LogP contribution in [0, 0.1) is 6.92 Å². The maximum atomic E-state index is 11.9. The molecule has 20 heavy (non-hydrogen) atoms. The zero-order valence-corrected chi connectivity index (χ0v) is 11.9. The molecule has 0 aromatic heterocycles. The molecule has 0 atom stereocenters. The van der Waals surface area contributed by atoms with Gasteiger partial charge < -0.3 is 10.6 Å². The lowest BCUT2D eigenvalue weighted by Crippen LogP contribution is -2.21. The predicted molar refractivity (Wildman–Crippen MR) is 84.1 cm³/mol. The zero-order chi connectivity index (χ0) is 14.4. The summed E-state index contributed by atoms with van der Waals surface area (Å²) in [5, 5.41) is 6.01. The van der Waals surface area contributed by atoms with Gasteiger partial charge in [-0.2, -0.15) is 0 Å². The number of nitrogens with one attached hydrogen (secondary N) is 2. The van der Waals surface area contributed by atoms with E-state index in [4.69, 9.17) is 0 Å².